The van der Waals surface area contributed by atoms with E-state index in [-0.39, 0.29) is 28.9 Å². The lowest BCUT2D eigenvalue weighted by Gasteiger charge is -2.11. The second kappa shape index (κ2) is 4.77. The highest BCUT2D eigenvalue weighted by atomic mass is 19.3. The molecule has 0 fully saturated rings. The molecule has 1 aromatic rings. The Morgan fingerprint density at radius 2 is 2.20 bits per heavy atom. The van der Waals surface area contributed by atoms with E-state index in [0.29, 0.717) is 0 Å². The van der Waals surface area contributed by atoms with E-state index in [1.807, 2.05) is 0 Å². The molecule has 0 amide bonds. The minimum atomic E-state index is -2.74. The molecule has 15 heavy (non-hydrogen) atoms. The van der Waals surface area contributed by atoms with Gasteiger partial charge in [-0.2, -0.15) is 5.26 Å². The molecule has 0 saturated carbocycles. The van der Waals surface area contributed by atoms with Gasteiger partial charge in [-0.05, 0) is 5.56 Å². The van der Waals surface area contributed by atoms with Gasteiger partial charge >= 0.3 is 0 Å². The van der Waals surface area contributed by atoms with Crippen LogP contribution in [0.5, 0.6) is 0 Å². The second-order valence-electron chi connectivity index (χ2n) is 2.79. The summed E-state index contributed by atoms with van der Waals surface area (Å²) in [6, 6.07) is 1.74. The molecular formula is C9H9F2N3O. The summed E-state index contributed by atoms with van der Waals surface area (Å²) >= 11 is 0. The average Bonchev–Trinajstić information content (AvgIpc) is 2.26. The first-order valence-electron chi connectivity index (χ1n) is 4.15. The van der Waals surface area contributed by atoms with Crippen LogP contribution in [-0.4, -0.2) is 10.1 Å². The number of hydrogen-bond acceptors (Lipinski definition) is 4. The highest BCUT2D eigenvalue weighted by Gasteiger charge is 2.18. The van der Waals surface area contributed by atoms with Crippen LogP contribution in [0.15, 0.2) is 6.20 Å². The Hall–Kier alpha value is -1.58. The van der Waals surface area contributed by atoms with Gasteiger partial charge in [0.15, 0.2) is 0 Å². The van der Waals surface area contributed by atoms with Crippen LogP contribution < -0.4 is 5.73 Å². The van der Waals surface area contributed by atoms with Crippen molar-refractivity contribution in [2.45, 2.75) is 19.6 Å². The number of rotatable bonds is 3. The van der Waals surface area contributed by atoms with Crippen LogP contribution in [-0.2, 0) is 13.2 Å². The van der Waals surface area contributed by atoms with Crippen LogP contribution in [0.1, 0.15) is 28.8 Å². The van der Waals surface area contributed by atoms with Gasteiger partial charge in [0.2, 0.25) is 0 Å². The SMILES string of the molecule is N#Cc1ncc(C(F)F)c(CO)c1CN. The molecule has 80 valence electrons. The molecule has 0 unspecified atom stereocenters. The van der Waals surface area contributed by atoms with E-state index < -0.39 is 13.0 Å². The number of aliphatic hydroxyl groups excluding tert-OH is 1. The largest absolute Gasteiger partial charge is 0.392 e. The maximum atomic E-state index is 12.5. The first-order chi connectivity index (χ1) is 7.15. The lowest BCUT2D eigenvalue weighted by Crippen LogP contribution is -2.10. The maximum absolute atomic E-state index is 12.5. The van der Waals surface area contributed by atoms with E-state index >= 15 is 0 Å². The van der Waals surface area contributed by atoms with E-state index in [0.717, 1.165) is 6.20 Å². The molecule has 4 nitrogen and oxygen atoms in total. The van der Waals surface area contributed by atoms with Crippen molar-refractivity contribution in [2.24, 2.45) is 5.73 Å². The smallest absolute Gasteiger partial charge is 0.265 e. The highest BCUT2D eigenvalue weighted by Crippen LogP contribution is 2.26. The molecule has 0 atom stereocenters. The average molecular weight is 213 g/mol. The molecule has 0 spiro atoms. The van der Waals surface area contributed by atoms with Crippen LogP contribution in [0.4, 0.5) is 8.78 Å². The van der Waals surface area contributed by atoms with Crippen LogP contribution in [0.25, 0.3) is 0 Å². The highest BCUT2D eigenvalue weighted by molar-refractivity contribution is 5.42. The van der Waals surface area contributed by atoms with Crippen molar-refractivity contribution in [3.8, 4) is 6.07 Å². The molecule has 0 bridgehead atoms. The summed E-state index contributed by atoms with van der Waals surface area (Å²) in [6.45, 7) is -0.685. The summed E-state index contributed by atoms with van der Waals surface area (Å²) in [5.41, 5.74) is 5.10. The fraction of sp³-hybridized carbons (Fsp3) is 0.333. The monoisotopic (exact) mass is 213 g/mol. The maximum Gasteiger partial charge on any atom is 0.265 e. The van der Waals surface area contributed by atoms with Gasteiger partial charge in [0.25, 0.3) is 6.43 Å². The number of pyridine rings is 1. The Morgan fingerprint density at radius 1 is 1.53 bits per heavy atom. The Morgan fingerprint density at radius 3 is 2.60 bits per heavy atom. The summed E-state index contributed by atoms with van der Waals surface area (Å²) in [5.74, 6) is 0. The zero-order valence-corrected chi connectivity index (χ0v) is 7.74. The zero-order chi connectivity index (χ0) is 11.4. The minimum absolute atomic E-state index is 0.000880. The summed E-state index contributed by atoms with van der Waals surface area (Å²) in [7, 11) is 0. The van der Waals surface area contributed by atoms with Gasteiger partial charge in [-0.25, -0.2) is 13.8 Å². The first kappa shape index (κ1) is 11.5. The zero-order valence-electron chi connectivity index (χ0n) is 7.74. The number of hydrogen-bond donors (Lipinski definition) is 2. The topological polar surface area (TPSA) is 82.9 Å². The molecule has 0 saturated heterocycles. The van der Waals surface area contributed by atoms with Crippen molar-refractivity contribution in [1.82, 2.24) is 4.98 Å². The van der Waals surface area contributed by atoms with Crippen molar-refractivity contribution < 1.29 is 13.9 Å². The van der Waals surface area contributed by atoms with E-state index in [1.54, 1.807) is 6.07 Å². The number of nitrogens with zero attached hydrogens (tertiary/aromatic N) is 2. The Kier molecular flexibility index (Phi) is 3.66. The van der Waals surface area contributed by atoms with E-state index in [4.69, 9.17) is 16.1 Å². The van der Waals surface area contributed by atoms with E-state index in [1.165, 1.54) is 0 Å². The van der Waals surface area contributed by atoms with Gasteiger partial charge in [-0.1, -0.05) is 0 Å². The van der Waals surface area contributed by atoms with Gasteiger partial charge in [-0.15, -0.1) is 0 Å². The van der Waals surface area contributed by atoms with Crippen LogP contribution in [0.2, 0.25) is 0 Å². The third-order valence-corrected chi connectivity index (χ3v) is 2.03. The van der Waals surface area contributed by atoms with Gasteiger partial charge in [0.1, 0.15) is 11.8 Å². The molecular weight excluding hydrogens is 204 g/mol. The standard InChI is InChI=1S/C9H9F2N3O/c10-9(11)6-3-14-8(2-13)5(1-12)7(6)4-15/h3,9,15H,1,4,12H2. The van der Waals surface area contributed by atoms with Gasteiger partial charge < -0.3 is 10.8 Å². The van der Waals surface area contributed by atoms with Crippen molar-refractivity contribution in [2.75, 3.05) is 0 Å². The summed E-state index contributed by atoms with van der Waals surface area (Å²) in [5, 5.41) is 17.6. The van der Waals surface area contributed by atoms with Crippen molar-refractivity contribution in [3.63, 3.8) is 0 Å². The number of alkyl halides is 2. The van der Waals surface area contributed by atoms with Crippen molar-refractivity contribution in [1.29, 1.82) is 5.26 Å². The van der Waals surface area contributed by atoms with Gasteiger partial charge in [0.05, 0.1) is 6.61 Å². The van der Waals surface area contributed by atoms with E-state index in [2.05, 4.69) is 4.98 Å². The molecule has 6 heteroatoms. The molecule has 0 aliphatic heterocycles. The molecule has 1 heterocycles. The number of nitriles is 1. The number of nitrogens with two attached hydrogens (primary N) is 1. The summed E-state index contributed by atoms with van der Waals surface area (Å²) < 4.78 is 25.0. The lowest BCUT2D eigenvalue weighted by molar-refractivity contribution is 0.146. The molecule has 0 radical (unpaired) electrons. The van der Waals surface area contributed by atoms with Crippen LogP contribution in [0, 0.1) is 11.3 Å². The molecule has 0 aliphatic rings. The second-order valence-corrected chi connectivity index (χ2v) is 2.79. The van der Waals surface area contributed by atoms with Crippen molar-refractivity contribution >= 4 is 0 Å². The third kappa shape index (κ3) is 2.09. The number of aromatic nitrogens is 1. The van der Waals surface area contributed by atoms with E-state index in [9.17, 15) is 8.78 Å². The predicted molar refractivity (Wildman–Crippen MR) is 47.7 cm³/mol. The fourth-order valence-corrected chi connectivity index (χ4v) is 1.30. The Bertz CT molecular complexity index is 401. The molecule has 1 rings (SSSR count). The first-order valence-corrected chi connectivity index (χ1v) is 4.15. The van der Waals surface area contributed by atoms with Crippen LogP contribution in [0.3, 0.4) is 0 Å². The molecule has 0 aliphatic carbocycles. The number of halogens is 2. The minimum Gasteiger partial charge on any atom is -0.392 e. The van der Waals surface area contributed by atoms with Gasteiger partial charge in [0, 0.05) is 23.9 Å². The number of aliphatic hydroxyl groups is 1. The van der Waals surface area contributed by atoms with Gasteiger partial charge in [-0.3, -0.25) is 0 Å². The van der Waals surface area contributed by atoms with Crippen molar-refractivity contribution in [3.05, 3.63) is 28.6 Å². The normalized spacial score (nSPS) is 10.4. The molecule has 3 N–H and O–H groups in total. The molecule has 0 aromatic carbocycles. The Balaban J connectivity index is 3.42. The third-order valence-electron chi connectivity index (χ3n) is 2.03. The Labute approximate surface area is 85.0 Å². The quantitative estimate of drug-likeness (QED) is 0.779. The molecule has 1 aromatic heterocycles. The summed E-state index contributed by atoms with van der Waals surface area (Å²) in [4.78, 5) is 3.57. The lowest BCUT2D eigenvalue weighted by atomic mass is 10.0. The summed E-state index contributed by atoms with van der Waals surface area (Å²) in [6.07, 6.45) is -1.84. The predicted octanol–water partition coefficient (Wildman–Crippen LogP) is 0.842. The van der Waals surface area contributed by atoms with Crippen LogP contribution >= 0.6 is 0 Å². The fourth-order valence-electron chi connectivity index (χ4n) is 1.30.